The van der Waals surface area contributed by atoms with Gasteiger partial charge in [-0.05, 0) is 32.0 Å². The summed E-state index contributed by atoms with van der Waals surface area (Å²) in [5.41, 5.74) is -0.0333. The molecule has 0 aromatic heterocycles. The van der Waals surface area contributed by atoms with E-state index in [2.05, 4.69) is 5.32 Å². The predicted octanol–water partition coefficient (Wildman–Crippen LogP) is 1.58. The zero-order chi connectivity index (χ0) is 14.8. The van der Waals surface area contributed by atoms with Gasteiger partial charge >= 0.3 is 0 Å². The van der Waals surface area contributed by atoms with E-state index >= 15 is 0 Å². The van der Waals surface area contributed by atoms with Crippen LogP contribution in [-0.4, -0.2) is 25.8 Å². The Hall–Kier alpha value is -1.50. The fourth-order valence-electron chi connectivity index (χ4n) is 1.45. The van der Waals surface area contributed by atoms with Crippen molar-refractivity contribution in [2.45, 2.75) is 25.1 Å². The molecule has 0 aliphatic carbocycles. The molecule has 1 amide bonds. The number of halogens is 2. The molecule has 1 N–H and O–H groups in total. The predicted molar refractivity (Wildman–Crippen MR) is 67.2 cm³/mol. The van der Waals surface area contributed by atoms with Crippen molar-refractivity contribution in [1.29, 1.82) is 0 Å². The second-order valence-electron chi connectivity index (χ2n) is 4.37. The van der Waals surface area contributed by atoms with Crippen LogP contribution in [-0.2, 0) is 14.6 Å². The van der Waals surface area contributed by atoms with Crippen LogP contribution in [0.15, 0.2) is 18.2 Å². The van der Waals surface area contributed by atoms with Gasteiger partial charge in [-0.3, -0.25) is 4.79 Å². The number of rotatable bonds is 4. The van der Waals surface area contributed by atoms with Crippen LogP contribution in [0.4, 0.5) is 8.78 Å². The third-order valence-electron chi connectivity index (χ3n) is 2.79. The van der Waals surface area contributed by atoms with Gasteiger partial charge in [-0.15, -0.1) is 0 Å². The van der Waals surface area contributed by atoms with Gasteiger partial charge in [-0.25, -0.2) is 17.2 Å². The van der Waals surface area contributed by atoms with Crippen molar-refractivity contribution in [3.05, 3.63) is 35.4 Å². The SMILES string of the molecule is CC(NC(=O)C(C)S(C)(=O)=O)c1cc(F)ccc1F. The van der Waals surface area contributed by atoms with E-state index in [4.69, 9.17) is 0 Å². The Bertz CT molecular complexity index is 587. The first kappa shape index (κ1) is 15.6. The topological polar surface area (TPSA) is 63.2 Å². The fraction of sp³-hybridized carbons (Fsp3) is 0.417. The number of carbonyl (C=O) groups is 1. The maximum atomic E-state index is 13.5. The first-order chi connectivity index (χ1) is 8.62. The standard InChI is InChI=1S/C12H15F2NO3S/c1-7(10-6-9(13)4-5-11(10)14)15-12(16)8(2)19(3,17)18/h4-8H,1-3H3,(H,15,16). The van der Waals surface area contributed by atoms with Crippen LogP contribution in [0, 0.1) is 11.6 Å². The highest BCUT2D eigenvalue weighted by atomic mass is 32.2. The van der Waals surface area contributed by atoms with Crippen LogP contribution in [0.25, 0.3) is 0 Å². The molecule has 0 saturated carbocycles. The lowest BCUT2D eigenvalue weighted by Crippen LogP contribution is -2.38. The Morgan fingerprint density at radius 1 is 1.26 bits per heavy atom. The van der Waals surface area contributed by atoms with E-state index in [1.54, 1.807) is 0 Å². The number of amides is 1. The van der Waals surface area contributed by atoms with Gasteiger partial charge in [0.05, 0.1) is 6.04 Å². The molecule has 1 rings (SSSR count). The van der Waals surface area contributed by atoms with Gasteiger partial charge in [0, 0.05) is 11.8 Å². The maximum absolute atomic E-state index is 13.5. The number of carbonyl (C=O) groups excluding carboxylic acids is 1. The monoisotopic (exact) mass is 291 g/mol. The van der Waals surface area contributed by atoms with Crippen molar-refractivity contribution in [1.82, 2.24) is 5.32 Å². The molecule has 0 heterocycles. The molecular weight excluding hydrogens is 276 g/mol. The van der Waals surface area contributed by atoms with E-state index in [9.17, 15) is 22.0 Å². The number of hydrogen-bond acceptors (Lipinski definition) is 3. The molecule has 4 nitrogen and oxygen atoms in total. The lowest BCUT2D eigenvalue weighted by atomic mass is 10.1. The Labute approximate surface area is 110 Å². The van der Waals surface area contributed by atoms with Crippen LogP contribution in [0.3, 0.4) is 0 Å². The number of nitrogens with one attached hydrogen (secondary N) is 1. The normalized spacial score (nSPS) is 14.8. The summed E-state index contributed by atoms with van der Waals surface area (Å²) < 4.78 is 48.9. The van der Waals surface area contributed by atoms with Gasteiger partial charge in [0.1, 0.15) is 16.9 Å². The largest absolute Gasteiger partial charge is 0.348 e. The number of benzene rings is 1. The fourth-order valence-corrected chi connectivity index (χ4v) is 1.91. The maximum Gasteiger partial charge on any atom is 0.238 e. The van der Waals surface area contributed by atoms with Gasteiger partial charge in [0.25, 0.3) is 0 Å². The molecule has 0 saturated heterocycles. The van der Waals surface area contributed by atoms with Gasteiger partial charge in [0.15, 0.2) is 9.84 Å². The lowest BCUT2D eigenvalue weighted by molar-refractivity contribution is -0.121. The van der Waals surface area contributed by atoms with Gasteiger partial charge in [0.2, 0.25) is 5.91 Å². The number of hydrogen-bond donors (Lipinski definition) is 1. The molecule has 2 unspecified atom stereocenters. The molecule has 106 valence electrons. The Morgan fingerprint density at radius 2 is 1.84 bits per heavy atom. The zero-order valence-corrected chi connectivity index (χ0v) is 11.6. The van der Waals surface area contributed by atoms with Crippen molar-refractivity contribution in [3.63, 3.8) is 0 Å². The Balaban J connectivity index is 2.88. The van der Waals surface area contributed by atoms with E-state index in [1.807, 2.05) is 0 Å². The first-order valence-corrected chi connectivity index (χ1v) is 7.52. The van der Waals surface area contributed by atoms with E-state index in [1.165, 1.54) is 13.8 Å². The average Bonchev–Trinajstić information content (AvgIpc) is 2.29. The van der Waals surface area contributed by atoms with Crippen LogP contribution in [0.1, 0.15) is 25.5 Å². The van der Waals surface area contributed by atoms with E-state index in [0.29, 0.717) is 0 Å². The zero-order valence-electron chi connectivity index (χ0n) is 10.8. The van der Waals surface area contributed by atoms with Crippen molar-refractivity contribution in [2.24, 2.45) is 0 Å². The lowest BCUT2D eigenvalue weighted by Gasteiger charge is -2.17. The molecule has 2 atom stereocenters. The molecule has 0 fully saturated rings. The van der Waals surface area contributed by atoms with Crippen LogP contribution in [0.5, 0.6) is 0 Å². The van der Waals surface area contributed by atoms with E-state index in [-0.39, 0.29) is 5.56 Å². The summed E-state index contributed by atoms with van der Waals surface area (Å²) in [6, 6.07) is 2.05. The van der Waals surface area contributed by atoms with E-state index in [0.717, 1.165) is 24.5 Å². The molecule has 0 spiro atoms. The smallest absolute Gasteiger partial charge is 0.238 e. The highest BCUT2D eigenvalue weighted by Crippen LogP contribution is 2.18. The summed E-state index contributed by atoms with van der Waals surface area (Å²) in [6.07, 6.45) is 0.935. The summed E-state index contributed by atoms with van der Waals surface area (Å²) in [7, 11) is -3.53. The summed E-state index contributed by atoms with van der Waals surface area (Å²) >= 11 is 0. The molecule has 1 aromatic carbocycles. The van der Waals surface area contributed by atoms with Crippen molar-refractivity contribution < 1.29 is 22.0 Å². The van der Waals surface area contributed by atoms with Crippen molar-refractivity contribution >= 4 is 15.7 Å². The molecule has 19 heavy (non-hydrogen) atoms. The van der Waals surface area contributed by atoms with Gasteiger partial charge < -0.3 is 5.32 Å². The average molecular weight is 291 g/mol. The molecule has 1 aromatic rings. The summed E-state index contributed by atoms with van der Waals surface area (Å²) in [6.45, 7) is 2.68. The minimum Gasteiger partial charge on any atom is -0.348 e. The Kier molecular flexibility index (Phi) is 4.62. The molecule has 0 bridgehead atoms. The quantitative estimate of drug-likeness (QED) is 0.916. The third kappa shape index (κ3) is 3.99. The highest BCUT2D eigenvalue weighted by molar-refractivity contribution is 7.92. The summed E-state index contributed by atoms with van der Waals surface area (Å²) in [4.78, 5) is 11.7. The van der Waals surface area contributed by atoms with Crippen molar-refractivity contribution in [2.75, 3.05) is 6.26 Å². The minimum absolute atomic E-state index is 0.0333. The van der Waals surface area contributed by atoms with E-state index < -0.39 is 38.7 Å². The van der Waals surface area contributed by atoms with Gasteiger partial charge in [-0.1, -0.05) is 0 Å². The molecular formula is C12H15F2NO3S. The van der Waals surface area contributed by atoms with Gasteiger partial charge in [-0.2, -0.15) is 0 Å². The first-order valence-electron chi connectivity index (χ1n) is 5.57. The molecule has 0 radical (unpaired) electrons. The minimum atomic E-state index is -3.53. The van der Waals surface area contributed by atoms with Crippen LogP contribution in [0.2, 0.25) is 0 Å². The molecule has 0 aliphatic heterocycles. The summed E-state index contributed by atoms with van der Waals surface area (Å²) in [5.74, 6) is -2.05. The van der Waals surface area contributed by atoms with Crippen molar-refractivity contribution in [3.8, 4) is 0 Å². The van der Waals surface area contributed by atoms with Crippen LogP contribution >= 0.6 is 0 Å². The van der Waals surface area contributed by atoms with Crippen LogP contribution < -0.4 is 5.32 Å². The Morgan fingerprint density at radius 3 is 2.37 bits per heavy atom. The molecule has 7 heteroatoms. The number of sulfone groups is 1. The second-order valence-corrected chi connectivity index (χ2v) is 6.73. The molecule has 0 aliphatic rings. The third-order valence-corrected chi connectivity index (χ3v) is 4.29. The highest BCUT2D eigenvalue weighted by Gasteiger charge is 2.25. The second kappa shape index (κ2) is 5.64. The summed E-state index contributed by atoms with van der Waals surface area (Å²) in [5, 5.41) is 1.10.